The fourth-order valence-corrected chi connectivity index (χ4v) is 2.60. The second-order valence-electron chi connectivity index (χ2n) is 6.05. The fourth-order valence-electron chi connectivity index (χ4n) is 2.60. The number of nitrogens with one attached hydrogen (secondary N) is 1. The summed E-state index contributed by atoms with van der Waals surface area (Å²) in [5.74, 6) is -4.49. The van der Waals surface area contributed by atoms with Crippen molar-refractivity contribution >= 4 is 23.7 Å². The Hall–Kier alpha value is -3.23. The summed E-state index contributed by atoms with van der Waals surface area (Å²) in [4.78, 5) is 15.6. The Balaban J connectivity index is 1.88. The number of amidine groups is 1. The molecule has 3 rings (SSSR count). The predicted molar refractivity (Wildman–Crippen MR) is 92.6 cm³/mol. The van der Waals surface area contributed by atoms with E-state index in [0.717, 1.165) is 19.1 Å². The number of hydrogen-bond acceptors (Lipinski definition) is 5. The largest absolute Gasteiger partial charge is 0.465 e. The number of alkyl halides is 2. The van der Waals surface area contributed by atoms with Gasteiger partial charge < -0.3 is 20.2 Å². The third-order valence-corrected chi connectivity index (χ3v) is 4.15. The summed E-state index contributed by atoms with van der Waals surface area (Å²) in [6.45, 7) is 0.0317. The molecule has 0 fully saturated rings. The lowest BCUT2D eigenvalue weighted by Crippen LogP contribution is -2.51. The van der Waals surface area contributed by atoms with E-state index >= 15 is 0 Å². The average molecular weight is 379 g/mol. The van der Waals surface area contributed by atoms with E-state index in [1.807, 2.05) is 0 Å². The van der Waals surface area contributed by atoms with Gasteiger partial charge in [-0.05, 0) is 43.3 Å². The van der Waals surface area contributed by atoms with Gasteiger partial charge in [0.1, 0.15) is 11.6 Å². The van der Waals surface area contributed by atoms with Crippen LogP contribution in [-0.2, 0) is 15.1 Å². The number of nitrogens with two attached hydrogens (primary N) is 1. The summed E-state index contributed by atoms with van der Waals surface area (Å²) in [5.41, 5.74) is 2.85. The van der Waals surface area contributed by atoms with E-state index in [1.165, 1.54) is 24.5 Å². The molecule has 1 aromatic carbocycles. The highest BCUT2D eigenvalue weighted by Crippen LogP contribution is 2.44. The second-order valence-corrected chi connectivity index (χ2v) is 6.05. The zero-order valence-corrected chi connectivity index (χ0v) is 14.2. The van der Waals surface area contributed by atoms with Crippen LogP contribution in [0.1, 0.15) is 18.2 Å². The first-order chi connectivity index (χ1) is 12.7. The number of amides is 1. The van der Waals surface area contributed by atoms with Crippen LogP contribution in [0.4, 0.5) is 18.9 Å². The molecule has 1 aromatic heterocycles. The highest BCUT2D eigenvalue weighted by atomic mass is 19.3. The fraction of sp³-hybridized carbons (Fsp3) is 0.222. The molecule has 0 bridgehead atoms. The number of ether oxygens (including phenoxy) is 1. The van der Waals surface area contributed by atoms with Crippen molar-refractivity contribution in [2.75, 3.05) is 11.9 Å². The van der Waals surface area contributed by atoms with Gasteiger partial charge in [-0.2, -0.15) is 8.78 Å². The Kier molecular flexibility index (Phi) is 4.69. The van der Waals surface area contributed by atoms with Crippen LogP contribution in [0, 0.1) is 5.82 Å². The van der Waals surface area contributed by atoms with E-state index in [0.29, 0.717) is 5.76 Å². The normalized spacial score (nSPS) is 21.6. The van der Waals surface area contributed by atoms with E-state index in [9.17, 15) is 18.0 Å². The maximum absolute atomic E-state index is 14.4. The van der Waals surface area contributed by atoms with Gasteiger partial charge in [0.25, 0.3) is 6.02 Å². The quantitative estimate of drug-likeness (QED) is 0.798. The average Bonchev–Trinajstić information content (AvgIpc) is 3.12. The monoisotopic (exact) mass is 379 g/mol. The van der Waals surface area contributed by atoms with E-state index < -0.39 is 41.4 Å². The van der Waals surface area contributed by atoms with Crippen LogP contribution in [0.15, 0.2) is 52.1 Å². The Morgan fingerprint density at radius 1 is 1.37 bits per heavy atom. The number of halogens is 3. The Morgan fingerprint density at radius 2 is 2.15 bits per heavy atom. The zero-order valence-electron chi connectivity index (χ0n) is 14.2. The van der Waals surface area contributed by atoms with Gasteiger partial charge in [0, 0.05) is 17.3 Å². The molecule has 1 atom stereocenters. The van der Waals surface area contributed by atoms with Gasteiger partial charge in [-0.1, -0.05) is 0 Å². The zero-order chi connectivity index (χ0) is 19.7. The molecule has 0 radical (unpaired) electrons. The molecule has 2 aromatic rings. The molecule has 1 aliphatic rings. The highest BCUT2D eigenvalue weighted by Gasteiger charge is 2.56. The number of rotatable bonds is 4. The first-order valence-corrected chi connectivity index (χ1v) is 7.90. The number of carbonyl (C=O) groups is 1. The smallest absolute Gasteiger partial charge is 0.310 e. The van der Waals surface area contributed by atoms with Gasteiger partial charge in [0.15, 0.2) is 12.1 Å². The highest BCUT2D eigenvalue weighted by molar-refractivity contribution is 6.01. The lowest BCUT2D eigenvalue weighted by Gasteiger charge is -2.37. The van der Waals surface area contributed by atoms with Crippen molar-refractivity contribution in [3.63, 3.8) is 0 Å². The first kappa shape index (κ1) is 18.6. The third kappa shape index (κ3) is 3.67. The summed E-state index contributed by atoms with van der Waals surface area (Å²) in [5, 5.41) is 2.48. The molecular formula is C18H16F3N3O3. The second kappa shape index (κ2) is 6.82. The first-order valence-electron chi connectivity index (χ1n) is 7.90. The summed E-state index contributed by atoms with van der Waals surface area (Å²) in [7, 11) is 0. The predicted octanol–water partition coefficient (Wildman–Crippen LogP) is 3.27. The van der Waals surface area contributed by atoms with Crippen molar-refractivity contribution in [3.05, 3.63) is 59.8 Å². The lowest BCUT2D eigenvalue weighted by atomic mass is 9.85. The molecule has 27 heavy (non-hydrogen) atoms. The van der Waals surface area contributed by atoms with E-state index in [-0.39, 0.29) is 5.69 Å². The maximum Gasteiger partial charge on any atom is 0.310 e. The summed E-state index contributed by atoms with van der Waals surface area (Å²) < 4.78 is 52.8. The standard InChI is InChI=1S/C18H16F3N3O3/c1-17(18(20,21)10-27-16(22)24-17)13-9-11(4-6-14(13)19)23-15(25)7-5-12-3-2-8-26-12/h2-9H,10H2,1H3,(H2,22,24)(H,23,25). The van der Waals surface area contributed by atoms with Crippen LogP contribution >= 0.6 is 0 Å². The minimum Gasteiger partial charge on any atom is -0.465 e. The number of anilines is 1. The van der Waals surface area contributed by atoms with Gasteiger partial charge >= 0.3 is 5.92 Å². The molecule has 0 aliphatic carbocycles. The third-order valence-electron chi connectivity index (χ3n) is 4.15. The van der Waals surface area contributed by atoms with Crippen molar-refractivity contribution < 1.29 is 27.1 Å². The molecule has 6 nitrogen and oxygen atoms in total. The molecule has 2 heterocycles. The molecule has 1 aliphatic heterocycles. The van der Waals surface area contributed by atoms with E-state index in [1.54, 1.807) is 12.1 Å². The minimum absolute atomic E-state index is 0.123. The Labute approximate surface area is 152 Å². The molecule has 3 N–H and O–H groups in total. The topological polar surface area (TPSA) is 89.9 Å². The summed E-state index contributed by atoms with van der Waals surface area (Å²) >= 11 is 0. The molecular weight excluding hydrogens is 363 g/mol. The number of furan rings is 1. The van der Waals surface area contributed by atoms with Gasteiger partial charge in [-0.15, -0.1) is 0 Å². The van der Waals surface area contributed by atoms with Crippen LogP contribution in [0.3, 0.4) is 0 Å². The Bertz CT molecular complexity index is 910. The minimum atomic E-state index is -3.50. The number of aliphatic imine (C=N–C) groups is 1. The van der Waals surface area contributed by atoms with Gasteiger partial charge in [-0.25, -0.2) is 9.38 Å². The van der Waals surface area contributed by atoms with Gasteiger partial charge in [-0.3, -0.25) is 4.79 Å². The van der Waals surface area contributed by atoms with Crippen LogP contribution in [0.5, 0.6) is 0 Å². The van der Waals surface area contributed by atoms with Crippen molar-refractivity contribution in [2.45, 2.75) is 18.4 Å². The molecule has 142 valence electrons. The number of carbonyl (C=O) groups excluding carboxylic acids is 1. The number of benzene rings is 1. The number of hydrogen-bond donors (Lipinski definition) is 2. The SMILES string of the molecule is CC1(c2cc(NC(=O)C=Cc3ccco3)ccc2F)N=C(N)OCC1(F)F. The molecule has 0 spiro atoms. The molecule has 0 saturated carbocycles. The van der Waals surface area contributed by atoms with Crippen molar-refractivity contribution in [1.29, 1.82) is 0 Å². The van der Waals surface area contributed by atoms with Crippen LogP contribution in [-0.4, -0.2) is 24.5 Å². The van der Waals surface area contributed by atoms with Crippen molar-refractivity contribution in [2.24, 2.45) is 10.7 Å². The van der Waals surface area contributed by atoms with Gasteiger partial charge in [0.05, 0.1) is 6.26 Å². The maximum atomic E-state index is 14.4. The Morgan fingerprint density at radius 3 is 2.85 bits per heavy atom. The molecule has 0 saturated heterocycles. The summed E-state index contributed by atoms with van der Waals surface area (Å²) in [6, 6.07) is 6.18. The van der Waals surface area contributed by atoms with Crippen LogP contribution in [0.2, 0.25) is 0 Å². The van der Waals surface area contributed by atoms with Gasteiger partial charge in [0.2, 0.25) is 5.91 Å². The van der Waals surface area contributed by atoms with E-state index in [2.05, 4.69) is 15.0 Å². The summed E-state index contributed by atoms with van der Waals surface area (Å²) in [6.07, 6.45) is 4.08. The van der Waals surface area contributed by atoms with E-state index in [4.69, 9.17) is 10.2 Å². The number of nitrogens with zero attached hydrogens (tertiary/aromatic N) is 1. The lowest BCUT2D eigenvalue weighted by molar-refractivity contribution is -0.117. The van der Waals surface area contributed by atoms with Crippen LogP contribution < -0.4 is 11.1 Å². The molecule has 9 heteroatoms. The molecule has 1 amide bonds. The van der Waals surface area contributed by atoms with Crippen molar-refractivity contribution in [3.8, 4) is 0 Å². The van der Waals surface area contributed by atoms with Crippen LogP contribution in [0.25, 0.3) is 6.08 Å². The molecule has 1 unspecified atom stereocenters. The van der Waals surface area contributed by atoms with Crippen molar-refractivity contribution in [1.82, 2.24) is 0 Å².